The van der Waals surface area contributed by atoms with Crippen molar-refractivity contribution in [1.82, 2.24) is 10.2 Å². The quantitative estimate of drug-likeness (QED) is 0.311. The lowest BCUT2D eigenvalue weighted by molar-refractivity contribution is -0.139. The third-order valence-electron chi connectivity index (χ3n) is 6.28. The molecule has 0 spiro atoms. The Morgan fingerprint density at radius 3 is 2.08 bits per heavy atom. The van der Waals surface area contributed by atoms with Crippen LogP contribution in [0.4, 0.5) is 10.1 Å². The predicted octanol–water partition coefficient (Wildman–Crippen LogP) is 5.66. The standard InChI is InChI=1S/C28H30Cl2FN3O4S/c1-4-19(2)32-28(36)20(3)33(17-24-25(29)11-8-12-26(24)30)27(35)18-34(22-9-6-5-7-10-22)39(37,38)23-15-13-21(31)14-16-23/h5-16,19-20H,4,17-18H2,1-3H3,(H,32,36)/t19-,20+/m0/s1. The van der Waals surface area contributed by atoms with Gasteiger partial charge in [-0.2, -0.15) is 0 Å². The van der Waals surface area contributed by atoms with E-state index in [0.717, 1.165) is 28.6 Å². The smallest absolute Gasteiger partial charge is 0.264 e. The van der Waals surface area contributed by atoms with Crippen LogP contribution in [0.5, 0.6) is 0 Å². The first-order valence-corrected chi connectivity index (χ1v) is 14.5. The van der Waals surface area contributed by atoms with Gasteiger partial charge >= 0.3 is 0 Å². The second kappa shape index (κ2) is 13.3. The molecule has 39 heavy (non-hydrogen) atoms. The molecule has 0 aliphatic rings. The summed E-state index contributed by atoms with van der Waals surface area (Å²) in [6.07, 6.45) is 0.681. The molecule has 3 aromatic carbocycles. The van der Waals surface area contributed by atoms with E-state index >= 15 is 0 Å². The third-order valence-corrected chi connectivity index (χ3v) is 8.78. The highest BCUT2D eigenvalue weighted by Crippen LogP contribution is 2.28. The van der Waals surface area contributed by atoms with Crippen LogP contribution in [0, 0.1) is 5.82 Å². The van der Waals surface area contributed by atoms with Crippen molar-refractivity contribution in [3.8, 4) is 0 Å². The van der Waals surface area contributed by atoms with Crippen molar-refractivity contribution >= 4 is 50.7 Å². The zero-order valence-electron chi connectivity index (χ0n) is 21.8. The molecule has 0 aliphatic carbocycles. The number of nitrogens with one attached hydrogen (secondary N) is 1. The van der Waals surface area contributed by atoms with Crippen LogP contribution in [-0.4, -0.2) is 43.8 Å². The summed E-state index contributed by atoms with van der Waals surface area (Å²) in [5.41, 5.74) is 0.646. The maximum Gasteiger partial charge on any atom is 0.264 e. The van der Waals surface area contributed by atoms with Gasteiger partial charge in [0, 0.05) is 28.2 Å². The molecule has 11 heteroatoms. The van der Waals surface area contributed by atoms with Crippen LogP contribution < -0.4 is 9.62 Å². The van der Waals surface area contributed by atoms with Gasteiger partial charge in [-0.25, -0.2) is 12.8 Å². The van der Waals surface area contributed by atoms with Crippen LogP contribution in [-0.2, 0) is 26.2 Å². The Morgan fingerprint density at radius 1 is 0.923 bits per heavy atom. The molecular formula is C28H30Cl2FN3O4S. The van der Waals surface area contributed by atoms with Gasteiger partial charge < -0.3 is 10.2 Å². The number of rotatable bonds is 11. The maximum atomic E-state index is 13.9. The number of hydrogen-bond acceptors (Lipinski definition) is 4. The van der Waals surface area contributed by atoms with Gasteiger partial charge in [0.05, 0.1) is 10.6 Å². The molecule has 0 heterocycles. The summed E-state index contributed by atoms with van der Waals surface area (Å²) in [5.74, 6) is -1.67. The average molecular weight is 595 g/mol. The van der Waals surface area contributed by atoms with E-state index in [4.69, 9.17) is 23.2 Å². The number of halogens is 3. The van der Waals surface area contributed by atoms with E-state index in [0.29, 0.717) is 22.0 Å². The highest BCUT2D eigenvalue weighted by Gasteiger charge is 2.33. The fourth-order valence-corrected chi connectivity index (χ4v) is 5.69. The molecule has 0 aromatic heterocycles. The number of para-hydroxylation sites is 1. The predicted molar refractivity (Wildman–Crippen MR) is 152 cm³/mol. The number of carbonyl (C=O) groups is 2. The van der Waals surface area contributed by atoms with Gasteiger partial charge in [-0.15, -0.1) is 0 Å². The molecule has 0 saturated carbocycles. The van der Waals surface area contributed by atoms with Crippen LogP contribution >= 0.6 is 23.2 Å². The van der Waals surface area contributed by atoms with Gasteiger partial charge in [-0.3, -0.25) is 13.9 Å². The lowest BCUT2D eigenvalue weighted by Gasteiger charge is -2.32. The summed E-state index contributed by atoms with van der Waals surface area (Å²) in [7, 11) is -4.29. The Morgan fingerprint density at radius 2 is 1.51 bits per heavy atom. The first kappa shape index (κ1) is 30.4. The molecule has 7 nitrogen and oxygen atoms in total. The first-order valence-electron chi connectivity index (χ1n) is 12.3. The lowest BCUT2D eigenvalue weighted by Crippen LogP contribution is -2.52. The van der Waals surface area contributed by atoms with Gasteiger partial charge in [0.1, 0.15) is 18.4 Å². The van der Waals surface area contributed by atoms with Gasteiger partial charge in [0.15, 0.2) is 0 Å². The highest BCUT2D eigenvalue weighted by molar-refractivity contribution is 7.92. The van der Waals surface area contributed by atoms with Crippen molar-refractivity contribution < 1.29 is 22.4 Å². The van der Waals surface area contributed by atoms with Crippen LogP contribution in [0.15, 0.2) is 77.7 Å². The summed E-state index contributed by atoms with van der Waals surface area (Å²) in [4.78, 5) is 28.0. The summed E-state index contributed by atoms with van der Waals surface area (Å²) in [6.45, 7) is 4.55. The molecule has 3 rings (SSSR count). The van der Waals surface area contributed by atoms with E-state index in [2.05, 4.69) is 5.32 Å². The number of sulfonamides is 1. The largest absolute Gasteiger partial charge is 0.352 e. The fourth-order valence-electron chi connectivity index (χ4n) is 3.76. The topological polar surface area (TPSA) is 86.8 Å². The summed E-state index contributed by atoms with van der Waals surface area (Å²) in [5, 5.41) is 3.46. The van der Waals surface area contributed by atoms with Crippen molar-refractivity contribution in [2.45, 2.75) is 50.7 Å². The number of nitrogens with zero attached hydrogens (tertiary/aromatic N) is 2. The normalized spacial score (nSPS) is 12.9. The van der Waals surface area contributed by atoms with E-state index in [1.54, 1.807) is 55.5 Å². The molecule has 0 bridgehead atoms. The third kappa shape index (κ3) is 7.50. The second-order valence-electron chi connectivity index (χ2n) is 9.02. The first-order chi connectivity index (χ1) is 18.4. The van der Waals surface area contributed by atoms with Crippen molar-refractivity contribution in [1.29, 1.82) is 0 Å². The van der Waals surface area contributed by atoms with Crippen molar-refractivity contribution in [2.24, 2.45) is 0 Å². The molecule has 0 aliphatic heterocycles. The summed E-state index contributed by atoms with van der Waals surface area (Å²) >= 11 is 12.8. The molecule has 3 aromatic rings. The van der Waals surface area contributed by atoms with Crippen LogP contribution in [0.3, 0.4) is 0 Å². The zero-order valence-corrected chi connectivity index (χ0v) is 24.1. The zero-order chi connectivity index (χ0) is 28.7. The van der Waals surface area contributed by atoms with Crippen LogP contribution in [0.1, 0.15) is 32.8 Å². The molecule has 2 amide bonds. The second-order valence-corrected chi connectivity index (χ2v) is 11.7. The van der Waals surface area contributed by atoms with Crippen molar-refractivity contribution in [2.75, 3.05) is 10.8 Å². The lowest BCUT2D eigenvalue weighted by atomic mass is 10.1. The van der Waals surface area contributed by atoms with Crippen molar-refractivity contribution in [3.05, 3.63) is 94.2 Å². The number of hydrogen-bond donors (Lipinski definition) is 1. The van der Waals surface area contributed by atoms with E-state index in [1.165, 1.54) is 4.90 Å². The van der Waals surface area contributed by atoms with Gasteiger partial charge in [0.25, 0.3) is 10.0 Å². The summed E-state index contributed by atoms with van der Waals surface area (Å²) in [6, 6.07) is 16.2. The Bertz CT molecular complexity index is 1390. The van der Waals surface area contributed by atoms with E-state index < -0.39 is 40.2 Å². The Kier molecular flexibility index (Phi) is 10.4. The molecule has 0 radical (unpaired) electrons. The van der Waals surface area contributed by atoms with Gasteiger partial charge in [-0.05, 0) is 68.8 Å². The molecule has 0 fully saturated rings. The minimum absolute atomic E-state index is 0.133. The minimum atomic E-state index is -4.29. The van der Waals surface area contributed by atoms with Crippen LogP contribution in [0.2, 0.25) is 10.0 Å². The van der Waals surface area contributed by atoms with Gasteiger partial charge in [-0.1, -0.05) is 54.4 Å². The molecule has 2 atom stereocenters. The van der Waals surface area contributed by atoms with Crippen LogP contribution in [0.25, 0.3) is 0 Å². The summed E-state index contributed by atoms with van der Waals surface area (Å²) < 4.78 is 41.8. The fraction of sp³-hybridized carbons (Fsp3) is 0.286. The monoisotopic (exact) mass is 593 g/mol. The average Bonchev–Trinajstić information content (AvgIpc) is 2.91. The highest BCUT2D eigenvalue weighted by atomic mass is 35.5. The molecule has 0 unspecified atom stereocenters. The molecule has 0 saturated heterocycles. The van der Waals surface area contributed by atoms with Crippen molar-refractivity contribution in [3.63, 3.8) is 0 Å². The van der Waals surface area contributed by atoms with E-state index in [1.807, 2.05) is 13.8 Å². The van der Waals surface area contributed by atoms with Gasteiger partial charge in [0.2, 0.25) is 11.8 Å². The number of benzene rings is 3. The maximum absolute atomic E-state index is 13.9. The van der Waals surface area contributed by atoms with E-state index in [-0.39, 0.29) is 23.2 Å². The Balaban J connectivity index is 2.04. The van der Waals surface area contributed by atoms with E-state index in [9.17, 15) is 22.4 Å². The molecule has 208 valence electrons. The SMILES string of the molecule is CC[C@H](C)NC(=O)[C@@H](C)N(Cc1c(Cl)cccc1Cl)C(=O)CN(c1ccccc1)S(=O)(=O)c1ccc(F)cc1. The number of carbonyl (C=O) groups excluding carboxylic acids is 2. The number of anilines is 1. The molecular weight excluding hydrogens is 564 g/mol. The number of amides is 2. The Hall–Kier alpha value is -3.14. The Labute approximate surface area is 238 Å². The molecule has 1 N–H and O–H groups in total. The minimum Gasteiger partial charge on any atom is -0.352 e.